The first-order valence-electron chi connectivity index (χ1n) is 25.0. The number of ether oxygens (including phenoxy) is 1. The number of benzene rings is 2. The van der Waals surface area contributed by atoms with Crippen LogP contribution >= 0.6 is 0 Å². The van der Waals surface area contributed by atoms with Crippen molar-refractivity contribution in [2.75, 3.05) is 70.1 Å². The Balaban J connectivity index is 0.878. The summed E-state index contributed by atoms with van der Waals surface area (Å²) >= 11 is 0. The van der Waals surface area contributed by atoms with Crippen molar-refractivity contribution in [2.45, 2.75) is 181 Å². The summed E-state index contributed by atoms with van der Waals surface area (Å²) in [5, 5.41) is 0.749. The van der Waals surface area contributed by atoms with Crippen LogP contribution in [0, 0.1) is 0 Å². The molecule has 62 heavy (non-hydrogen) atoms. The van der Waals surface area contributed by atoms with Gasteiger partial charge in [-0.2, -0.15) is 0 Å². The Morgan fingerprint density at radius 2 is 1.10 bits per heavy atom. The highest BCUT2D eigenvalue weighted by Crippen LogP contribution is 2.39. The van der Waals surface area contributed by atoms with Crippen LogP contribution in [-0.2, 0) is 20.6 Å². The van der Waals surface area contributed by atoms with Crippen molar-refractivity contribution in [1.82, 2.24) is 19.7 Å². The van der Waals surface area contributed by atoms with Crippen molar-refractivity contribution in [3.63, 3.8) is 0 Å². The predicted molar refractivity (Wildman–Crippen MR) is 257 cm³/mol. The zero-order chi connectivity index (χ0) is 43.2. The Kier molecular flexibility index (Phi) is 18.4. The molecule has 4 heterocycles. The predicted octanol–water partition coefficient (Wildman–Crippen LogP) is 10.7. The summed E-state index contributed by atoms with van der Waals surface area (Å²) in [5.74, 6) is 0.694. The van der Waals surface area contributed by atoms with Crippen molar-refractivity contribution in [1.29, 1.82) is 0 Å². The molecule has 11 heteroatoms. The van der Waals surface area contributed by atoms with E-state index in [-0.39, 0.29) is 9.79 Å². The van der Waals surface area contributed by atoms with Gasteiger partial charge in [0, 0.05) is 90.9 Å². The average Bonchev–Trinajstić information content (AvgIpc) is 4.16. The van der Waals surface area contributed by atoms with Crippen molar-refractivity contribution < 1.29 is 17.4 Å². The molecule has 3 aliphatic heterocycles. The van der Waals surface area contributed by atoms with Crippen molar-refractivity contribution in [3.05, 3.63) is 48.7 Å². The van der Waals surface area contributed by atoms with Crippen LogP contribution in [0.4, 0.5) is 5.69 Å². The molecule has 0 N–H and O–H groups in total. The Morgan fingerprint density at radius 1 is 0.613 bits per heavy atom. The van der Waals surface area contributed by atoms with E-state index in [0.717, 1.165) is 63.3 Å². The minimum absolute atomic E-state index is 0.215. The molecule has 3 aromatic rings. The second-order valence-electron chi connectivity index (χ2n) is 19.0. The average molecular weight is 890 g/mol. The number of hydrogen-bond acceptors (Lipinski definition) is 9. The molecule has 4 fully saturated rings. The highest BCUT2D eigenvalue weighted by molar-refractivity contribution is 7.91. The zero-order valence-corrected chi connectivity index (χ0v) is 40.1. The second kappa shape index (κ2) is 24.1. The summed E-state index contributed by atoms with van der Waals surface area (Å²) in [6, 6.07) is 14.6. The molecule has 0 radical (unpaired) electrons. The third-order valence-corrected chi connectivity index (χ3v) is 17.2. The molecular weight excluding hydrogens is 811 g/mol. The molecule has 7 rings (SSSR count). The maximum Gasteiger partial charge on any atom is 0.210 e. The van der Waals surface area contributed by atoms with Gasteiger partial charge >= 0.3 is 0 Å². The minimum atomic E-state index is -3.92. The fraction of sp³-hybridized carbons (Fsp3) is 0.706. The first kappa shape index (κ1) is 47.4. The van der Waals surface area contributed by atoms with E-state index in [0.29, 0.717) is 40.5 Å². The first-order chi connectivity index (χ1) is 30.3. The summed E-state index contributed by atoms with van der Waals surface area (Å²) in [4.78, 5) is 16.2. The van der Waals surface area contributed by atoms with E-state index in [1.807, 2.05) is 18.2 Å². The number of piperazine rings is 1. The lowest BCUT2D eigenvalue weighted by molar-refractivity contribution is 0.0416. The van der Waals surface area contributed by atoms with E-state index in [2.05, 4.69) is 31.5 Å². The largest absolute Gasteiger partial charge is 0.494 e. The number of hydrogen-bond donors (Lipinski definition) is 0. The zero-order valence-electron chi connectivity index (χ0n) is 38.5. The Morgan fingerprint density at radius 3 is 1.61 bits per heavy atom. The van der Waals surface area contributed by atoms with Crippen molar-refractivity contribution >= 4 is 37.2 Å². The fourth-order valence-electron chi connectivity index (χ4n) is 10.5. The molecule has 4 aliphatic rings. The molecular formula is C51H79N5O4S2. The van der Waals surface area contributed by atoms with Crippen LogP contribution in [0.5, 0.6) is 5.75 Å². The van der Waals surface area contributed by atoms with Gasteiger partial charge in [0.25, 0.3) is 0 Å². The monoisotopic (exact) mass is 890 g/mol. The number of rotatable bonds is 25. The number of nitrogens with zero attached hydrogens (tertiary/aromatic N) is 5. The van der Waals surface area contributed by atoms with Crippen LogP contribution < -0.4 is 9.64 Å². The quantitative estimate of drug-likeness (QED) is 0.0772. The van der Waals surface area contributed by atoms with Crippen molar-refractivity contribution in [2.24, 2.45) is 0 Å². The SMILES string of the molecule is CCCCCCCCCCCCCCCCCCOc1ccc(S(=O)(=O)c2cnc3ccc([S@](C)=O)cc3c2N2CCC(N3CCC(N4CCN(C5CC5)CC4)CC3)CC2)cc1. The fourth-order valence-corrected chi connectivity index (χ4v) is 12.5. The number of likely N-dealkylation sites (tertiary alicyclic amines) is 1. The van der Waals surface area contributed by atoms with Crippen LogP contribution in [0.1, 0.15) is 148 Å². The summed E-state index contributed by atoms with van der Waals surface area (Å²) in [6.45, 7) is 11.6. The Labute approximate surface area is 378 Å². The molecule has 0 bridgehead atoms. The Bertz CT molecular complexity index is 1930. The van der Waals surface area contributed by atoms with Crippen LogP contribution in [0.3, 0.4) is 0 Å². The van der Waals surface area contributed by atoms with E-state index >= 15 is 0 Å². The van der Waals surface area contributed by atoms with E-state index in [9.17, 15) is 12.6 Å². The van der Waals surface area contributed by atoms with Crippen molar-refractivity contribution in [3.8, 4) is 5.75 Å². The molecule has 1 atom stereocenters. The van der Waals surface area contributed by atoms with Gasteiger partial charge < -0.3 is 14.5 Å². The number of fused-ring (bicyclic) bond motifs is 1. The van der Waals surface area contributed by atoms with Gasteiger partial charge in [0.2, 0.25) is 9.84 Å². The number of anilines is 1. The molecule has 9 nitrogen and oxygen atoms in total. The topological polar surface area (TPSA) is 86.3 Å². The number of piperidine rings is 2. The molecule has 1 aromatic heterocycles. The van der Waals surface area contributed by atoms with Crippen LogP contribution in [0.2, 0.25) is 0 Å². The lowest BCUT2D eigenvalue weighted by atomic mass is 9.96. The summed E-state index contributed by atoms with van der Waals surface area (Å²) < 4.78 is 47.8. The minimum Gasteiger partial charge on any atom is -0.494 e. The highest BCUT2D eigenvalue weighted by atomic mass is 32.2. The smallest absolute Gasteiger partial charge is 0.210 e. The van der Waals surface area contributed by atoms with Gasteiger partial charge in [-0.05, 0) is 100 Å². The maximum absolute atomic E-state index is 14.5. The summed E-state index contributed by atoms with van der Waals surface area (Å²) in [5.41, 5.74) is 1.40. The van der Waals surface area contributed by atoms with E-state index in [1.54, 1.807) is 36.7 Å². The maximum atomic E-state index is 14.5. The standard InChI is InChI=1S/C51H79N5O4S2/c1-3-4-5-6-7-8-9-10-11-12-13-14-15-16-17-18-39-60-45-21-24-47(25-22-45)62(58,59)50-41-52-49-26-23-46(61(2)57)40-48(49)51(50)56-33-29-43(30-34-56)53-31-27-44(28-32-53)55-37-35-54(36-38-55)42-19-20-42/h21-26,40-44H,3-20,27-39H2,1-2H3/t61-/m0/s1. The van der Waals surface area contributed by atoms with Gasteiger partial charge in [-0.25, -0.2) is 8.42 Å². The first-order valence-corrected chi connectivity index (χ1v) is 28.1. The molecule has 3 saturated heterocycles. The lowest BCUT2D eigenvalue weighted by Gasteiger charge is -2.46. The molecule has 0 unspecified atom stereocenters. The van der Waals surface area contributed by atoms with Gasteiger partial charge in [-0.3, -0.25) is 19.0 Å². The number of sulfone groups is 1. The van der Waals surface area contributed by atoms with Gasteiger partial charge in [-0.1, -0.05) is 103 Å². The summed E-state index contributed by atoms with van der Waals surface area (Å²) in [7, 11) is -5.13. The van der Waals surface area contributed by atoms with E-state index in [1.165, 1.54) is 142 Å². The molecule has 0 amide bonds. The van der Waals surface area contributed by atoms with Gasteiger partial charge in [0.15, 0.2) is 0 Å². The summed E-state index contributed by atoms with van der Waals surface area (Å²) in [6.07, 6.45) is 31.8. The highest BCUT2D eigenvalue weighted by Gasteiger charge is 2.36. The van der Waals surface area contributed by atoms with Crippen LogP contribution in [0.15, 0.2) is 63.3 Å². The van der Waals surface area contributed by atoms with Gasteiger partial charge in [0.05, 0.1) is 22.7 Å². The molecule has 344 valence electrons. The van der Waals surface area contributed by atoms with Gasteiger partial charge in [-0.15, -0.1) is 0 Å². The third kappa shape index (κ3) is 13.3. The lowest BCUT2D eigenvalue weighted by Crippen LogP contribution is -2.55. The molecule has 1 saturated carbocycles. The normalized spacial score (nSPS) is 19.7. The van der Waals surface area contributed by atoms with Crippen LogP contribution in [-0.4, -0.2) is 116 Å². The van der Waals surface area contributed by atoms with E-state index in [4.69, 9.17) is 4.74 Å². The number of unbranched alkanes of at least 4 members (excludes halogenated alkanes) is 15. The molecule has 1 aliphatic carbocycles. The number of aromatic nitrogens is 1. The van der Waals surface area contributed by atoms with Gasteiger partial charge in [0.1, 0.15) is 10.6 Å². The third-order valence-electron chi connectivity index (χ3n) is 14.5. The Hall–Kier alpha value is -2.57. The molecule has 0 spiro atoms. The second-order valence-corrected chi connectivity index (χ2v) is 22.3. The molecule has 2 aromatic carbocycles. The van der Waals surface area contributed by atoms with E-state index < -0.39 is 20.6 Å². The van der Waals surface area contributed by atoms with Crippen LogP contribution in [0.25, 0.3) is 10.9 Å². The number of pyridine rings is 1.